The van der Waals surface area contributed by atoms with E-state index in [2.05, 4.69) is 10.3 Å². The average Bonchev–Trinajstić information content (AvgIpc) is 3.30. The van der Waals surface area contributed by atoms with Crippen molar-refractivity contribution in [1.82, 2.24) is 15.2 Å². The third kappa shape index (κ3) is 3.12. The molecular formula is C20H21N3O2S. The fraction of sp³-hybridized carbons (Fsp3) is 0.300. The number of hydrogen-bond donors (Lipinski definition) is 2. The molecule has 6 heteroatoms. The molecule has 0 aliphatic carbocycles. The number of thiophene rings is 1. The molecule has 5 nitrogen and oxygen atoms in total. The molecule has 3 aromatic rings. The van der Waals surface area contributed by atoms with Crippen LogP contribution in [0.1, 0.15) is 38.6 Å². The Morgan fingerprint density at radius 2 is 2.08 bits per heavy atom. The molecule has 4 rings (SSSR count). The largest absolute Gasteiger partial charge is 0.350 e. The highest BCUT2D eigenvalue weighted by Gasteiger charge is 2.27. The molecule has 26 heavy (non-hydrogen) atoms. The first-order valence-corrected chi connectivity index (χ1v) is 9.72. The van der Waals surface area contributed by atoms with Gasteiger partial charge in [-0.3, -0.25) is 9.59 Å². The molecule has 3 heterocycles. The Balaban J connectivity index is 1.47. The molecule has 1 aliphatic rings. The Hall–Kier alpha value is -2.60. The zero-order chi connectivity index (χ0) is 18.1. The molecule has 134 valence electrons. The van der Waals surface area contributed by atoms with Gasteiger partial charge in [-0.25, -0.2) is 0 Å². The van der Waals surface area contributed by atoms with Crippen molar-refractivity contribution >= 4 is 34.1 Å². The van der Waals surface area contributed by atoms with Crippen LogP contribution < -0.4 is 5.32 Å². The molecule has 0 radical (unpaired) electrons. The minimum atomic E-state index is -0.103. The maximum atomic E-state index is 12.8. The highest BCUT2D eigenvalue weighted by Crippen LogP contribution is 2.22. The quantitative estimate of drug-likeness (QED) is 0.743. The summed E-state index contributed by atoms with van der Waals surface area (Å²) in [6.07, 6.45) is 1.78. The molecule has 0 bridgehead atoms. The van der Waals surface area contributed by atoms with Gasteiger partial charge in [0, 0.05) is 30.0 Å². The standard InChI is InChI=1S/C20H21N3O2S/c1-13-15-7-2-3-8-16(15)22-18(13)19(24)21-14-6-4-10-23(12-14)20(25)17-9-5-11-26-17/h2-3,5,7-9,11,14,22H,4,6,10,12H2,1H3,(H,21,24)/t14-/m1/s1. The van der Waals surface area contributed by atoms with Gasteiger partial charge in [-0.15, -0.1) is 11.3 Å². The first kappa shape index (κ1) is 16.8. The maximum Gasteiger partial charge on any atom is 0.268 e. The van der Waals surface area contributed by atoms with E-state index in [1.54, 1.807) is 0 Å². The number of fused-ring (bicyclic) bond motifs is 1. The van der Waals surface area contributed by atoms with Crippen molar-refractivity contribution in [1.29, 1.82) is 0 Å². The topological polar surface area (TPSA) is 65.2 Å². The van der Waals surface area contributed by atoms with Crippen molar-refractivity contribution in [2.75, 3.05) is 13.1 Å². The molecule has 1 aromatic carbocycles. The Morgan fingerprint density at radius 3 is 2.85 bits per heavy atom. The number of H-pyrrole nitrogens is 1. The van der Waals surface area contributed by atoms with Gasteiger partial charge in [-0.2, -0.15) is 0 Å². The summed E-state index contributed by atoms with van der Waals surface area (Å²) in [5.41, 5.74) is 2.53. The van der Waals surface area contributed by atoms with E-state index < -0.39 is 0 Å². The zero-order valence-electron chi connectivity index (χ0n) is 14.6. The van der Waals surface area contributed by atoms with E-state index in [9.17, 15) is 9.59 Å². The fourth-order valence-corrected chi connectivity index (χ4v) is 4.29. The number of hydrogen-bond acceptors (Lipinski definition) is 3. The Labute approximate surface area is 156 Å². The number of likely N-dealkylation sites (tertiary alicyclic amines) is 1. The van der Waals surface area contributed by atoms with Crippen LogP contribution in [0.3, 0.4) is 0 Å². The third-order valence-corrected chi connectivity index (χ3v) is 5.83. The van der Waals surface area contributed by atoms with Crippen molar-refractivity contribution < 1.29 is 9.59 Å². The predicted molar refractivity (Wildman–Crippen MR) is 104 cm³/mol. The number of rotatable bonds is 3. The second-order valence-electron chi connectivity index (χ2n) is 6.71. The minimum Gasteiger partial charge on any atom is -0.350 e. The van der Waals surface area contributed by atoms with Crippen LogP contribution in [0.2, 0.25) is 0 Å². The highest BCUT2D eigenvalue weighted by molar-refractivity contribution is 7.12. The first-order chi connectivity index (χ1) is 12.6. The third-order valence-electron chi connectivity index (χ3n) is 4.97. The van der Waals surface area contributed by atoms with Gasteiger partial charge in [0.05, 0.1) is 4.88 Å². The number of carbonyl (C=O) groups is 2. The molecule has 1 atom stereocenters. The van der Waals surface area contributed by atoms with Gasteiger partial charge >= 0.3 is 0 Å². The summed E-state index contributed by atoms with van der Waals surface area (Å²) in [4.78, 5) is 31.1. The lowest BCUT2D eigenvalue weighted by atomic mass is 10.0. The number of piperidine rings is 1. The Kier molecular flexibility index (Phi) is 4.51. The van der Waals surface area contributed by atoms with Crippen molar-refractivity contribution in [2.24, 2.45) is 0 Å². The molecule has 1 saturated heterocycles. The molecule has 2 amide bonds. The van der Waals surface area contributed by atoms with E-state index in [0.717, 1.165) is 40.7 Å². The summed E-state index contributed by atoms with van der Waals surface area (Å²) in [6, 6.07) is 11.6. The number of benzene rings is 1. The molecule has 1 fully saturated rings. The van der Waals surface area contributed by atoms with Crippen LogP contribution in [-0.4, -0.2) is 40.8 Å². The van der Waals surface area contributed by atoms with Crippen LogP contribution in [-0.2, 0) is 0 Å². The second kappa shape index (κ2) is 6.96. The van der Waals surface area contributed by atoms with Gasteiger partial charge < -0.3 is 15.2 Å². The lowest BCUT2D eigenvalue weighted by Crippen LogP contribution is -2.49. The van der Waals surface area contributed by atoms with Crippen LogP contribution in [0.5, 0.6) is 0 Å². The van der Waals surface area contributed by atoms with E-state index >= 15 is 0 Å². The van der Waals surface area contributed by atoms with Crippen molar-refractivity contribution in [3.63, 3.8) is 0 Å². The number of aryl methyl sites for hydroxylation is 1. The molecular weight excluding hydrogens is 346 g/mol. The maximum absolute atomic E-state index is 12.8. The summed E-state index contributed by atoms with van der Waals surface area (Å²) in [6.45, 7) is 3.26. The molecule has 2 N–H and O–H groups in total. The molecule has 1 aliphatic heterocycles. The van der Waals surface area contributed by atoms with Gasteiger partial charge in [0.15, 0.2) is 0 Å². The summed E-state index contributed by atoms with van der Waals surface area (Å²) < 4.78 is 0. The number of carbonyl (C=O) groups excluding carboxylic acids is 2. The van der Waals surface area contributed by atoms with Crippen LogP contribution >= 0.6 is 11.3 Å². The van der Waals surface area contributed by atoms with E-state index in [1.807, 2.05) is 53.6 Å². The highest BCUT2D eigenvalue weighted by atomic mass is 32.1. The second-order valence-corrected chi connectivity index (χ2v) is 7.66. The Bertz CT molecular complexity index is 945. The van der Waals surface area contributed by atoms with Gasteiger partial charge in [0.2, 0.25) is 0 Å². The molecule has 0 unspecified atom stereocenters. The van der Waals surface area contributed by atoms with E-state index in [4.69, 9.17) is 0 Å². The summed E-state index contributed by atoms with van der Waals surface area (Å²) in [5, 5.41) is 6.08. The van der Waals surface area contributed by atoms with E-state index in [-0.39, 0.29) is 17.9 Å². The molecule has 2 aromatic heterocycles. The van der Waals surface area contributed by atoms with Crippen molar-refractivity contribution in [3.05, 3.63) is 57.9 Å². The normalized spacial score (nSPS) is 17.4. The van der Waals surface area contributed by atoms with Crippen molar-refractivity contribution in [3.8, 4) is 0 Å². The minimum absolute atomic E-state index is 0.0222. The Morgan fingerprint density at radius 1 is 1.23 bits per heavy atom. The number of nitrogens with one attached hydrogen (secondary N) is 2. The summed E-state index contributed by atoms with van der Waals surface area (Å²) in [5.74, 6) is -0.0464. The van der Waals surface area contributed by atoms with Crippen LogP contribution in [0.4, 0.5) is 0 Å². The van der Waals surface area contributed by atoms with E-state index in [0.29, 0.717) is 12.2 Å². The summed E-state index contributed by atoms with van der Waals surface area (Å²) >= 11 is 1.46. The number of nitrogens with zero attached hydrogens (tertiary/aromatic N) is 1. The number of para-hydroxylation sites is 1. The smallest absolute Gasteiger partial charge is 0.268 e. The average molecular weight is 367 g/mol. The van der Waals surface area contributed by atoms with Gasteiger partial charge in [0.25, 0.3) is 11.8 Å². The van der Waals surface area contributed by atoms with E-state index in [1.165, 1.54) is 11.3 Å². The fourth-order valence-electron chi connectivity index (χ4n) is 3.60. The SMILES string of the molecule is Cc1c(C(=O)N[C@@H]2CCCN(C(=O)c3cccs3)C2)[nH]c2ccccc12. The lowest BCUT2D eigenvalue weighted by molar-refractivity contribution is 0.0679. The van der Waals surface area contributed by atoms with Crippen LogP contribution in [0.25, 0.3) is 10.9 Å². The molecule has 0 saturated carbocycles. The van der Waals surface area contributed by atoms with Crippen LogP contribution in [0.15, 0.2) is 41.8 Å². The van der Waals surface area contributed by atoms with Crippen LogP contribution in [0, 0.1) is 6.92 Å². The summed E-state index contributed by atoms with van der Waals surface area (Å²) in [7, 11) is 0. The van der Waals surface area contributed by atoms with Gasteiger partial charge in [0.1, 0.15) is 5.69 Å². The number of aromatic amines is 1. The lowest BCUT2D eigenvalue weighted by Gasteiger charge is -2.33. The number of amides is 2. The zero-order valence-corrected chi connectivity index (χ0v) is 15.4. The monoisotopic (exact) mass is 367 g/mol. The molecule has 0 spiro atoms. The predicted octanol–water partition coefficient (Wildman–Crippen LogP) is 3.57. The van der Waals surface area contributed by atoms with Gasteiger partial charge in [-0.05, 0) is 42.8 Å². The van der Waals surface area contributed by atoms with Crippen molar-refractivity contribution in [2.45, 2.75) is 25.8 Å². The first-order valence-electron chi connectivity index (χ1n) is 8.84. The van der Waals surface area contributed by atoms with Gasteiger partial charge in [-0.1, -0.05) is 24.3 Å². The number of aromatic nitrogens is 1.